The molecular weight excluding hydrogens is 443 g/mol. The molecule has 1 aliphatic rings. The number of hydrogen-bond donors (Lipinski definition) is 1. The van der Waals surface area contributed by atoms with Gasteiger partial charge in [0.15, 0.2) is 5.65 Å². The summed E-state index contributed by atoms with van der Waals surface area (Å²) in [7, 11) is 6.34. The number of hydrogen-bond acceptors (Lipinski definition) is 7. The van der Waals surface area contributed by atoms with E-state index < -0.39 is 17.6 Å². The number of nitroso groups, excluding NO2 is 1. The van der Waals surface area contributed by atoms with Crippen molar-refractivity contribution in [1.29, 1.82) is 0 Å². The van der Waals surface area contributed by atoms with Gasteiger partial charge in [0.1, 0.15) is 13.7 Å². The summed E-state index contributed by atoms with van der Waals surface area (Å²) in [6.45, 7) is 0. The van der Waals surface area contributed by atoms with Crippen LogP contribution in [0.5, 0.6) is 0 Å². The molecule has 3 heterocycles. The number of carbonyl (C=O) groups excluding carboxylic acids is 2. The summed E-state index contributed by atoms with van der Waals surface area (Å²) in [5.74, 6) is -2.18. The third kappa shape index (κ3) is 4.11. The van der Waals surface area contributed by atoms with Gasteiger partial charge >= 0.3 is 5.91 Å². The van der Waals surface area contributed by atoms with Gasteiger partial charge in [-0.2, -0.15) is 9.61 Å². The van der Waals surface area contributed by atoms with E-state index in [0.717, 1.165) is 22.4 Å². The van der Waals surface area contributed by atoms with Crippen molar-refractivity contribution in [2.24, 2.45) is 11.1 Å². The Morgan fingerprint density at radius 3 is 2.40 bits per heavy atom. The number of anilines is 1. The number of rotatable bonds is 5. The van der Waals surface area contributed by atoms with Crippen LogP contribution in [0.2, 0.25) is 0 Å². The Kier molecular flexibility index (Phi) is 5.94. The van der Waals surface area contributed by atoms with Crippen molar-refractivity contribution < 1.29 is 9.59 Å². The van der Waals surface area contributed by atoms with E-state index in [-0.39, 0.29) is 5.92 Å². The van der Waals surface area contributed by atoms with Crippen molar-refractivity contribution in [3.8, 4) is 22.4 Å². The number of carbonyl (C=O) groups is 2. The van der Waals surface area contributed by atoms with Crippen LogP contribution in [0.25, 0.3) is 28.0 Å². The zero-order chi connectivity index (χ0) is 24.5. The van der Waals surface area contributed by atoms with Crippen molar-refractivity contribution in [1.82, 2.24) is 19.6 Å². The zero-order valence-electron chi connectivity index (χ0n) is 18.8. The summed E-state index contributed by atoms with van der Waals surface area (Å²) >= 11 is 0. The molecule has 0 bridgehead atoms. The summed E-state index contributed by atoms with van der Waals surface area (Å²) in [5.41, 5.74) is 11.4. The van der Waals surface area contributed by atoms with E-state index in [1.165, 1.54) is 4.52 Å². The van der Waals surface area contributed by atoms with Gasteiger partial charge in [0.25, 0.3) is 0 Å². The third-order valence-electron chi connectivity index (χ3n) is 6.67. The summed E-state index contributed by atoms with van der Waals surface area (Å²) in [6, 6.07) is 13.8. The summed E-state index contributed by atoms with van der Waals surface area (Å²) in [5, 5.41) is 6.64. The number of nitrogens with zero attached hydrogens (tertiary/aromatic N) is 5. The second-order valence-corrected chi connectivity index (χ2v) is 8.70. The molecule has 3 aromatic heterocycles. The minimum Gasteiger partial charge on any atom is -0.384 e. The molecular formula is C25H21BN6O3. The van der Waals surface area contributed by atoms with E-state index in [2.05, 4.69) is 15.3 Å². The monoisotopic (exact) mass is 464 g/mol. The van der Waals surface area contributed by atoms with E-state index in [1.807, 2.05) is 42.5 Å². The minimum atomic E-state index is -1.22. The Morgan fingerprint density at radius 2 is 1.74 bits per heavy atom. The minimum absolute atomic E-state index is 0.0352. The molecule has 10 heteroatoms. The lowest BCUT2D eigenvalue weighted by Gasteiger charge is -2.28. The molecule has 1 saturated carbocycles. The van der Waals surface area contributed by atoms with Gasteiger partial charge in [-0.25, -0.2) is 4.98 Å². The van der Waals surface area contributed by atoms with E-state index in [9.17, 15) is 14.5 Å². The van der Waals surface area contributed by atoms with E-state index in [0.29, 0.717) is 48.3 Å². The molecule has 1 aliphatic carbocycles. The molecule has 0 saturated heterocycles. The Balaban J connectivity index is 1.45. The molecule has 4 aromatic rings. The average Bonchev–Trinajstić information content (AvgIpc) is 3.34. The number of pyridine rings is 1. The van der Waals surface area contributed by atoms with Crippen LogP contribution < -0.4 is 11.2 Å². The number of amides is 1. The predicted molar refractivity (Wildman–Crippen MR) is 132 cm³/mol. The summed E-state index contributed by atoms with van der Waals surface area (Å²) < 4.78 is 1.52. The number of ketones is 1. The first-order valence-corrected chi connectivity index (χ1v) is 11.3. The fourth-order valence-electron chi connectivity index (χ4n) is 4.74. The Hall–Kier alpha value is -4.21. The third-order valence-corrected chi connectivity index (χ3v) is 6.67. The van der Waals surface area contributed by atoms with Gasteiger partial charge in [0, 0.05) is 45.6 Å². The number of fused-ring (bicyclic) bond motifs is 1. The van der Waals surface area contributed by atoms with Gasteiger partial charge in [-0.05, 0) is 37.2 Å². The van der Waals surface area contributed by atoms with Gasteiger partial charge in [-0.3, -0.25) is 14.6 Å². The lowest BCUT2D eigenvalue weighted by Crippen LogP contribution is -2.29. The maximum absolute atomic E-state index is 12.0. The SMILES string of the molecule is [B]c1c(C2CCC(C(=O)C(=O)N=O)CC2)nc2c(-c3ccc(-c4ccccc4)nc3)cnn2c1N. The standard InChI is InChI=1S/C25H21BN6O3/c26-20-21(15-6-8-16(9-7-15)22(33)25(34)31-35)30-24-18(13-29-32(24)23(20)27)17-10-11-19(28-12-17)14-4-2-1-3-5-14/h1-5,10-13,15-16H,6-9,27H2. The van der Waals surface area contributed by atoms with Gasteiger partial charge in [0.05, 0.1) is 11.9 Å². The van der Waals surface area contributed by atoms with E-state index in [1.54, 1.807) is 12.4 Å². The van der Waals surface area contributed by atoms with Crippen LogP contribution >= 0.6 is 0 Å². The molecule has 2 N–H and O–H groups in total. The quantitative estimate of drug-likeness (QED) is 0.273. The maximum atomic E-state index is 12.0. The van der Waals surface area contributed by atoms with Crippen molar-refractivity contribution >= 4 is 36.5 Å². The number of nitrogen functional groups attached to an aromatic ring is 1. The molecule has 9 nitrogen and oxygen atoms in total. The van der Waals surface area contributed by atoms with Gasteiger partial charge in [-0.1, -0.05) is 36.4 Å². The topological polar surface area (TPSA) is 133 Å². The maximum Gasteiger partial charge on any atom is 0.352 e. The van der Waals surface area contributed by atoms with Crippen molar-refractivity contribution in [2.45, 2.75) is 31.6 Å². The molecule has 172 valence electrons. The lowest BCUT2D eigenvalue weighted by atomic mass is 9.75. The first kappa shape index (κ1) is 22.6. The van der Waals surface area contributed by atoms with Gasteiger partial charge < -0.3 is 5.73 Å². The fourth-order valence-corrected chi connectivity index (χ4v) is 4.74. The predicted octanol–water partition coefficient (Wildman–Crippen LogP) is 2.97. The van der Waals surface area contributed by atoms with Gasteiger partial charge in [-0.15, -0.1) is 4.91 Å². The van der Waals surface area contributed by atoms with Crippen molar-refractivity contribution in [2.75, 3.05) is 5.73 Å². The van der Waals surface area contributed by atoms with E-state index in [4.69, 9.17) is 18.6 Å². The highest BCUT2D eigenvalue weighted by Crippen LogP contribution is 2.36. The van der Waals surface area contributed by atoms with Crippen LogP contribution in [-0.4, -0.2) is 39.1 Å². The molecule has 35 heavy (non-hydrogen) atoms. The highest BCUT2D eigenvalue weighted by molar-refractivity contribution is 6.37. The Morgan fingerprint density at radius 1 is 1.00 bits per heavy atom. The summed E-state index contributed by atoms with van der Waals surface area (Å²) in [6.07, 6.45) is 5.55. The van der Waals surface area contributed by atoms with Gasteiger partial charge in [0.2, 0.25) is 5.78 Å². The number of aromatic nitrogens is 4. The van der Waals surface area contributed by atoms with Crippen LogP contribution in [0, 0.1) is 10.8 Å². The smallest absolute Gasteiger partial charge is 0.352 e. The molecule has 1 amide bonds. The van der Waals surface area contributed by atoms with Crippen LogP contribution in [0.4, 0.5) is 5.82 Å². The molecule has 0 unspecified atom stereocenters. The fraction of sp³-hybridized carbons (Fsp3) is 0.240. The van der Waals surface area contributed by atoms with Crippen molar-refractivity contribution in [3.05, 3.63) is 65.5 Å². The number of Topliss-reactive ketones (excluding diaryl/α,β-unsaturated/α-hetero) is 1. The van der Waals surface area contributed by atoms with Crippen LogP contribution in [0.3, 0.4) is 0 Å². The van der Waals surface area contributed by atoms with E-state index >= 15 is 0 Å². The molecule has 2 radical (unpaired) electrons. The van der Waals surface area contributed by atoms with Crippen LogP contribution in [0.15, 0.2) is 60.0 Å². The zero-order valence-corrected chi connectivity index (χ0v) is 18.8. The highest BCUT2D eigenvalue weighted by Gasteiger charge is 2.32. The highest BCUT2D eigenvalue weighted by atomic mass is 16.3. The molecule has 0 spiro atoms. The molecule has 1 fully saturated rings. The normalized spacial score (nSPS) is 17.8. The van der Waals surface area contributed by atoms with Crippen LogP contribution in [-0.2, 0) is 9.59 Å². The largest absolute Gasteiger partial charge is 0.384 e. The summed E-state index contributed by atoms with van der Waals surface area (Å²) in [4.78, 5) is 43.3. The molecule has 1 aromatic carbocycles. The lowest BCUT2D eigenvalue weighted by molar-refractivity contribution is -0.139. The number of benzene rings is 1. The Labute approximate surface area is 202 Å². The molecule has 5 rings (SSSR count). The number of nitrogens with two attached hydrogens (primary N) is 1. The molecule has 0 aliphatic heterocycles. The molecule has 0 atom stereocenters. The van der Waals surface area contributed by atoms with Crippen LogP contribution in [0.1, 0.15) is 37.3 Å². The first-order valence-electron chi connectivity index (χ1n) is 11.3. The average molecular weight is 464 g/mol. The second-order valence-electron chi connectivity index (χ2n) is 8.70. The Bertz CT molecular complexity index is 1430. The second kappa shape index (κ2) is 9.21. The van der Waals surface area contributed by atoms with Crippen molar-refractivity contribution in [3.63, 3.8) is 0 Å². The first-order chi connectivity index (χ1) is 17.0.